The van der Waals surface area contributed by atoms with E-state index in [1.807, 2.05) is 0 Å². The first kappa shape index (κ1) is 14.7. The van der Waals surface area contributed by atoms with Gasteiger partial charge in [0.25, 0.3) is 0 Å². The lowest BCUT2D eigenvalue weighted by atomic mass is 9.86. The summed E-state index contributed by atoms with van der Waals surface area (Å²) in [5.74, 6) is 0.960. The van der Waals surface area contributed by atoms with Crippen molar-refractivity contribution in [2.45, 2.75) is 57.2 Å². The first-order valence-corrected chi connectivity index (χ1v) is 7.85. The molecule has 0 spiro atoms. The van der Waals surface area contributed by atoms with Crippen LogP contribution in [0.25, 0.3) is 0 Å². The number of anilines is 1. The van der Waals surface area contributed by atoms with Crippen LogP contribution in [0.3, 0.4) is 0 Å². The Balaban J connectivity index is 1.56. The average molecular weight is 290 g/mol. The van der Waals surface area contributed by atoms with Crippen molar-refractivity contribution in [1.29, 1.82) is 0 Å². The number of hydrogen-bond donors (Lipinski definition) is 1. The number of hydrogen-bond acceptors (Lipinski definition) is 5. The van der Waals surface area contributed by atoms with E-state index in [4.69, 9.17) is 0 Å². The zero-order valence-electron chi connectivity index (χ0n) is 13.5. The molecule has 5 heteroatoms. The molecule has 116 valence electrons. The Morgan fingerprint density at radius 2 is 1.90 bits per heavy atom. The van der Waals surface area contributed by atoms with Crippen molar-refractivity contribution >= 4 is 5.82 Å². The van der Waals surface area contributed by atoms with E-state index in [2.05, 4.69) is 59.9 Å². The molecule has 21 heavy (non-hydrogen) atoms. The first-order valence-electron chi connectivity index (χ1n) is 7.85. The minimum absolute atomic E-state index is 0.0452. The Kier molecular flexibility index (Phi) is 3.66. The maximum Gasteiger partial charge on any atom is 0.151 e. The molecule has 2 aliphatic rings. The predicted molar refractivity (Wildman–Crippen MR) is 83.5 cm³/mol. The van der Waals surface area contributed by atoms with E-state index in [1.54, 1.807) is 0 Å². The van der Waals surface area contributed by atoms with Crippen LogP contribution >= 0.6 is 0 Å². The number of aromatic nitrogens is 2. The lowest BCUT2D eigenvalue weighted by Gasteiger charge is -2.50. The van der Waals surface area contributed by atoms with Gasteiger partial charge in [-0.05, 0) is 32.0 Å². The van der Waals surface area contributed by atoms with Gasteiger partial charge in [-0.15, -0.1) is 5.10 Å². The smallest absolute Gasteiger partial charge is 0.151 e. The Morgan fingerprint density at radius 1 is 1.19 bits per heavy atom. The molecule has 2 unspecified atom stereocenters. The van der Waals surface area contributed by atoms with Crippen molar-refractivity contribution in [3.05, 3.63) is 17.8 Å². The summed E-state index contributed by atoms with van der Waals surface area (Å²) < 4.78 is 0. The summed E-state index contributed by atoms with van der Waals surface area (Å²) >= 11 is 0. The van der Waals surface area contributed by atoms with Gasteiger partial charge in [-0.1, -0.05) is 20.8 Å². The highest BCUT2D eigenvalue weighted by molar-refractivity contribution is 5.42. The van der Waals surface area contributed by atoms with Crippen LogP contribution in [0.4, 0.5) is 5.82 Å². The third-order valence-corrected chi connectivity index (χ3v) is 4.91. The second-order valence-corrected chi connectivity index (χ2v) is 7.46. The van der Waals surface area contributed by atoms with Crippen molar-refractivity contribution in [1.82, 2.24) is 15.1 Å². The van der Waals surface area contributed by atoms with Crippen LogP contribution in [-0.2, 0) is 5.41 Å². The predicted octanol–water partition coefficient (Wildman–Crippen LogP) is 1.42. The van der Waals surface area contributed by atoms with Crippen LogP contribution < -0.4 is 4.90 Å². The normalized spacial score (nSPS) is 26.7. The van der Waals surface area contributed by atoms with E-state index in [-0.39, 0.29) is 11.5 Å². The van der Waals surface area contributed by atoms with Gasteiger partial charge in [-0.3, -0.25) is 4.90 Å². The topological polar surface area (TPSA) is 52.5 Å². The molecule has 0 radical (unpaired) electrons. The molecular weight excluding hydrogens is 264 g/mol. The van der Waals surface area contributed by atoms with Gasteiger partial charge in [0.05, 0.1) is 11.8 Å². The van der Waals surface area contributed by atoms with Gasteiger partial charge in [0.2, 0.25) is 0 Å². The van der Waals surface area contributed by atoms with Crippen molar-refractivity contribution < 1.29 is 5.11 Å². The Hall–Kier alpha value is -1.20. The number of aliphatic hydroxyl groups excluding tert-OH is 1. The van der Waals surface area contributed by atoms with E-state index in [9.17, 15) is 5.11 Å². The zero-order chi connectivity index (χ0) is 15.2. The highest BCUT2D eigenvalue weighted by Gasteiger charge is 2.40. The fraction of sp³-hybridized carbons (Fsp3) is 0.750. The average Bonchev–Trinajstić information content (AvgIpc) is 2.34. The van der Waals surface area contributed by atoms with Crippen LogP contribution in [0, 0.1) is 0 Å². The Labute approximate surface area is 127 Å². The highest BCUT2D eigenvalue weighted by Crippen LogP contribution is 2.30. The zero-order valence-corrected chi connectivity index (χ0v) is 13.5. The van der Waals surface area contributed by atoms with Gasteiger partial charge < -0.3 is 10.0 Å². The summed E-state index contributed by atoms with van der Waals surface area (Å²) in [7, 11) is 2.13. The molecule has 0 aromatic carbocycles. The number of likely N-dealkylation sites (N-methyl/N-ethyl adjacent to an activating group) is 1. The summed E-state index contributed by atoms with van der Waals surface area (Å²) in [6.07, 6.45) is 1.94. The Bertz CT molecular complexity index is 490. The second-order valence-electron chi connectivity index (χ2n) is 7.46. The van der Waals surface area contributed by atoms with Gasteiger partial charge >= 0.3 is 0 Å². The summed E-state index contributed by atoms with van der Waals surface area (Å²) in [6, 6.07) is 5.03. The van der Waals surface area contributed by atoms with Gasteiger partial charge in [-0.25, -0.2) is 0 Å². The number of rotatable bonds is 3. The van der Waals surface area contributed by atoms with Gasteiger partial charge in [0.15, 0.2) is 5.82 Å². The molecular formula is C16H26N4O. The molecule has 1 aromatic heterocycles. The van der Waals surface area contributed by atoms with E-state index in [0.717, 1.165) is 37.4 Å². The lowest BCUT2D eigenvalue weighted by molar-refractivity contribution is -0.0317. The van der Waals surface area contributed by atoms with Crippen LogP contribution in [0.2, 0.25) is 0 Å². The van der Waals surface area contributed by atoms with Crippen LogP contribution in [0.15, 0.2) is 12.1 Å². The molecule has 1 aliphatic carbocycles. The molecule has 2 atom stereocenters. The minimum atomic E-state index is -0.130. The quantitative estimate of drug-likeness (QED) is 0.912. The third kappa shape index (κ3) is 2.77. The summed E-state index contributed by atoms with van der Waals surface area (Å²) in [4.78, 5) is 4.59. The molecule has 1 aromatic rings. The molecule has 3 rings (SSSR count). The Morgan fingerprint density at radius 3 is 2.33 bits per heavy atom. The molecule has 1 N–H and O–H groups in total. The molecule has 0 bridgehead atoms. The van der Waals surface area contributed by atoms with Crippen molar-refractivity contribution in [3.8, 4) is 0 Å². The lowest BCUT2D eigenvalue weighted by Crippen LogP contribution is -2.64. The van der Waals surface area contributed by atoms with Crippen LogP contribution in [0.5, 0.6) is 0 Å². The van der Waals surface area contributed by atoms with Gasteiger partial charge in [-0.2, -0.15) is 5.10 Å². The fourth-order valence-electron chi connectivity index (χ4n) is 3.00. The van der Waals surface area contributed by atoms with Crippen molar-refractivity contribution in [2.24, 2.45) is 0 Å². The van der Waals surface area contributed by atoms with E-state index >= 15 is 0 Å². The molecule has 1 aliphatic heterocycles. The van der Waals surface area contributed by atoms with Crippen LogP contribution in [0.1, 0.15) is 39.3 Å². The first-order chi connectivity index (χ1) is 9.86. The molecule has 2 heterocycles. The summed E-state index contributed by atoms with van der Waals surface area (Å²) in [6.45, 7) is 8.40. The number of aliphatic hydroxyl groups is 1. The molecule has 1 saturated carbocycles. The molecule has 1 saturated heterocycles. The van der Waals surface area contributed by atoms with Gasteiger partial charge in [0, 0.05) is 30.6 Å². The molecule has 2 fully saturated rings. The fourth-order valence-corrected chi connectivity index (χ4v) is 3.00. The monoisotopic (exact) mass is 290 g/mol. The number of nitrogens with zero attached hydrogens (tertiary/aromatic N) is 4. The summed E-state index contributed by atoms with van der Waals surface area (Å²) in [5.41, 5.74) is 1.07. The second kappa shape index (κ2) is 5.21. The van der Waals surface area contributed by atoms with E-state index in [0.29, 0.717) is 12.1 Å². The van der Waals surface area contributed by atoms with Crippen molar-refractivity contribution in [3.63, 3.8) is 0 Å². The van der Waals surface area contributed by atoms with Crippen molar-refractivity contribution in [2.75, 3.05) is 25.0 Å². The summed E-state index contributed by atoms with van der Waals surface area (Å²) in [5, 5.41) is 18.5. The minimum Gasteiger partial charge on any atom is -0.391 e. The molecule has 0 amide bonds. The maximum absolute atomic E-state index is 9.76. The molecule has 5 nitrogen and oxygen atoms in total. The standard InChI is InChI=1S/C16H26N4O/c1-16(2,3)14-7-8-15(18-17-14)20-9-11(10-20)19(4)12-5-6-13(12)21/h7-8,11-13,21H,5-6,9-10H2,1-4H3. The largest absolute Gasteiger partial charge is 0.391 e. The van der Waals surface area contributed by atoms with E-state index < -0.39 is 0 Å². The SMILES string of the molecule is CN(C1CN(c2ccc(C(C)(C)C)nn2)C1)C1CCC1O. The highest BCUT2D eigenvalue weighted by atomic mass is 16.3. The van der Waals surface area contributed by atoms with E-state index in [1.165, 1.54) is 0 Å². The third-order valence-electron chi connectivity index (χ3n) is 4.91. The van der Waals surface area contributed by atoms with Crippen LogP contribution in [-0.4, -0.2) is 58.5 Å². The maximum atomic E-state index is 9.76. The van der Waals surface area contributed by atoms with Gasteiger partial charge in [0.1, 0.15) is 0 Å².